The van der Waals surface area contributed by atoms with E-state index in [-0.39, 0.29) is 5.91 Å². The van der Waals surface area contributed by atoms with Crippen molar-refractivity contribution in [3.05, 3.63) is 41.7 Å². The van der Waals surface area contributed by atoms with Gasteiger partial charge in [0.2, 0.25) is 0 Å². The molecule has 0 spiro atoms. The van der Waals surface area contributed by atoms with E-state index in [1.807, 2.05) is 19.1 Å². The zero-order valence-electron chi connectivity index (χ0n) is 9.77. The summed E-state index contributed by atoms with van der Waals surface area (Å²) in [5, 5.41) is 6.58. The number of nitrogens with two attached hydrogens (primary N) is 1. The number of amides is 1. The number of carbonyl (C=O) groups is 1. The van der Waals surface area contributed by atoms with E-state index in [1.54, 1.807) is 24.1 Å². The van der Waals surface area contributed by atoms with Crippen molar-refractivity contribution in [2.75, 3.05) is 17.7 Å². The van der Waals surface area contributed by atoms with Crippen molar-refractivity contribution in [2.45, 2.75) is 6.92 Å². The highest BCUT2D eigenvalue weighted by Gasteiger charge is 2.16. The molecular formula is C12H14N4O. The molecule has 1 aromatic carbocycles. The number of anilines is 2. The Morgan fingerprint density at radius 2 is 2.24 bits per heavy atom. The van der Waals surface area contributed by atoms with Crippen LogP contribution in [0.25, 0.3) is 0 Å². The van der Waals surface area contributed by atoms with Crippen molar-refractivity contribution < 1.29 is 4.79 Å². The van der Waals surface area contributed by atoms with E-state index in [4.69, 9.17) is 5.73 Å². The van der Waals surface area contributed by atoms with Gasteiger partial charge in [-0.05, 0) is 25.1 Å². The van der Waals surface area contributed by atoms with Crippen LogP contribution in [0.1, 0.15) is 16.1 Å². The van der Waals surface area contributed by atoms with Gasteiger partial charge in [-0.25, -0.2) is 0 Å². The van der Waals surface area contributed by atoms with Crippen LogP contribution < -0.4 is 10.6 Å². The third-order valence-corrected chi connectivity index (χ3v) is 2.62. The van der Waals surface area contributed by atoms with Gasteiger partial charge >= 0.3 is 0 Å². The van der Waals surface area contributed by atoms with Gasteiger partial charge in [-0.1, -0.05) is 6.07 Å². The van der Waals surface area contributed by atoms with E-state index < -0.39 is 0 Å². The second-order valence-electron chi connectivity index (χ2n) is 3.87. The Labute approximate surface area is 99.2 Å². The zero-order chi connectivity index (χ0) is 12.4. The standard InChI is InChI=1S/C12H14N4O/c1-8-11(7-14-15-8)12(17)16(2)10-5-3-4-9(13)6-10/h3-7H,13H2,1-2H3,(H,14,15). The normalized spacial score (nSPS) is 10.2. The molecule has 0 unspecified atom stereocenters. The van der Waals surface area contributed by atoms with Crippen molar-refractivity contribution in [1.82, 2.24) is 10.2 Å². The third kappa shape index (κ3) is 2.13. The van der Waals surface area contributed by atoms with E-state index in [9.17, 15) is 4.79 Å². The number of hydrogen-bond donors (Lipinski definition) is 2. The highest BCUT2D eigenvalue weighted by atomic mass is 16.2. The number of benzene rings is 1. The maximum atomic E-state index is 12.2. The van der Waals surface area contributed by atoms with E-state index >= 15 is 0 Å². The molecule has 0 aliphatic rings. The summed E-state index contributed by atoms with van der Waals surface area (Å²) in [6, 6.07) is 7.19. The molecule has 5 heteroatoms. The summed E-state index contributed by atoms with van der Waals surface area (Å²) < 4.78 is 0. The predicted octanol–water partition coefficient (Wildman–Crippen LogP) is 1.58. The Morgan fingerprint density at radius 3 is 2.82 bits per heavy atom. The van der Waals surface area contributed by atoms with E-state index in [0.29, 0.717) is 11.3 Å². The minimum Gasteiger partial charge on any atom is -0.399 e. The van der Waals surface area contributed by atoms with Crippen molar-refractivity contribution in [1.29, 1.82) is 0 Å². The van der Waals surface area contributed by atoms with Crippen LogP contribution in [0.2, 0.25) is 0 Å². The topological polar surface area (TPSA) is 75.0 Å². The highest BCUT2D eigenvalue weighted by molar-refractivity contribution is 6.06. The first-order chi connectivity index (χ1) is 8.09. The molecule has 0 saturated carbocycles. The zero-order valence-corrected chi connectivity index (χ0v) is 9.77. The molecule has 0 atom stereocenters. The number of H-pyrrole nitrogens is 1. The SMILES string of the molecule is Cc1[nH]ncc1C(=O)N(C)c1cccc(N)c1. The fourth-order valence-electron chi connectivity index (χ4n) is 1.60. The van der Waals surface area contributed by atoms with Crippen molar-refractivity contribution >= 4 is 17.3 Å². The third-order valence-electron chi connectivity index (χ3n) is 2.62. The van der Waals surface area contributed by atoms with Crippen LogP contribution in [0.4, 0.5) is 11.4 Å². The molecular weight excluding hydrogens is 216 g/mol. The molecule has 3 N–H and O–H groups in total. The number of aromatic amines is 1. The molecule has 0 aliphatic heterocycles. The Morgan fingerprint density at radius 1 is 1.47 bits per heavy atom. The Kier molecular flexibility index (Phi) is 2.82. The summed E-state index contributed by atoms with van der Waals surface area (Å²) >= 11 is 0. The summed E-state index contributed by atoms with van der Waals surface area (Å²) in [6.07, 6.45) is 1.53. The maximum Gasteiger partial charge on any atom is 0.261 e. The first-order valence-corrected chi connectivity index (χ1v) is 5.23. The van der Waals surface area contributed by atoms with Gasteiger partial charge in [-0.3, -0.25) is 9.89 Å². The van der Waals surface area contributed by atoms with Crippen LogP contribution in [0.5, 0.6) is 0 Å². The van der Waals surface area contributed by atoms with Crippen LogP contribution in [0.3, 0.4) is 0 Å². The average molecular weight is 230 g/mol. The summed E-state index contributed by atoms with van der Waals surface area (Å²) in [5.74, 6) is -0.109. The number of nitrogen functional groups attached to an aromatic ring is 1. The summed E-state index contributed by atoms with van der Waals surface area (Å²) in [5.41, 5.74) is 8.40. The van der Waals surface area contributed by atoms with Gasteiger partial charge in [0, 0.05) is 24.1 Å². The van der Waals surface area contributed by atoms with Crippen LogP contribution in [0.15, 0.2) is 30.5 Å². The quantitative estimate of drug-likeness (QED) is 0.769. The second-order valence-corrected chi connectivity index (χ2v) is 3.87. The Balaban J connectivity index is 2.30. The molecule has 0 radical (unpaired) electrons. The van der Waals surface area contributed by atoms with Crippen molar-refractivity contribution in [2.24, 2.45) is 0 Å². The van der Waals surface area contributed by atoms with Crippen LogP contribution in [-0.2, 0) is 0 Å². The molecule has 2 aromatic rings. The van der Waals surface area contributed by atoms with E-state index in [2.05, 4.69) is 10.2 Å². The second kappa shape index (κ2) is 4.29. The number of rotatable bonds is 2. The molecule has 1 heterocycles. The molecule has 17 heavy (non-hydrogen) atoms. The molecule has 0 aliphatic carbocycles. The van der Waals surface area contributed by atoms with Gasteiger partial charge in [0.15, 0.2) is 0 Å². The molecule has 88 valence electrons. The molecule has 2 rings (SSSR count). The number of hydrogen-bond acceptors (Lipinski definition) is 3. The highest BCUT2D eigenvalue weighted by Crippen LogP contribution is 2.18. The largest absolute Gasteiger partial charge is 0.399 e. The number of aromatic nitrogens is 2. The van der Waals surface area contributed by atoms with Gasteiger partial charge in [-0.15, -0.1) is 0 Å². The molecule has 5 nitrogen and oxygen atoms in total. The lowest BCUT2D eigenvalue weighted by Gasteiger charge is -2.17. The fourth-order valence-corrected chi connectivity index (χ4v) is 1.60. The number of nitrogens with one attached hydrogen (secondary N) is 1. The lowest BCUT2D eigenvalue weighted by atomic mass is 10.2. The van der Waals surface area contributed by atoms with Gasteiger partial charge in [-0.2, -0.15) is 5.10 Å². The number of nitrogens with zero attached hydrogens (tertiary/aromatic N) is 2. The van der Waals surface area contributed by atoms with E-state index in [0.717, 1.165) is 11.4 Å². The maximum absolute atomic E-state index is 12.2. The molecule has 0 bridgehead atoms. The molecule has 0 fully saturated rings. The monoisotopic (exact) mass is 230 g/mol. The molecule has 1 amide bonds. The first-order valence-electron chi connectivity index (χ1n) is 5.23. The average Bonchev–Trinajstić information content (AvgIpc) is 2.73. The fraction of sp³-hybridized carbons (Fsp3) is 0.167. The number of aryl methyl sites for hydroxylation is 1. The van der Waals surface area contributed by atoms with Gasteiger partial charge < -0.3 is 10.6 Å². The lowest BCUT2D eigenvalue weighted by molar-refractivity contribution is 0.0992. The van der Waals surface area contributed by atoms with Crippen molar-refractivity contribution in [3.63, 3.8) is 0 Å². The minimum atomic E-state index is -0.109. The summed E-state index contributed by atoms with van der Waals surface area (Å²) in [4.78, 5) is 13.7. The van der Waals surface area contributed by atoms with Crippen molar-refractivity contribution in [3.8, 4) is 0 Å². The van der Waals surface area contributed by atoms with Gasteiger partial charge in [0.25, 0.3) is 5.91 Å². The summed E-state index contributed by atoms with van der Waals surface area (Å²) in [6.45, 7) is 1.81. The molecule has 0 saturated heterocycles. The predicted molar refractivity (Wildman–Crippen MR) is 66.9 cm³/mol. The minimum absolute atomic E-state index is 0.109. The van der Waals surface area contributed by atoms with Crippen LogP contribution in [-0.4, -0.2) is 23.2 Å². The Hall–Kier alpha value is -2.30. The van der Waals surface area contributed by atoms with Gasteiger partial charge in [0.05, 0.1) is 11.8 Å². The van der Waals surface area contributed by atoms with E-state index in [1.165, 1.54) is 6.20 Å². The lowest BCUT2D eigenvalue weighted by Crippen LogP contribution is -2.26. The first kappa shape index (κ1) is 11.2. The summed E-state index contributed by atoms with van der Waals surface area (Å²) in [7, 11) is 1.71. The molecule has 1 aromatic heterocycles. The number of carbonyl (C=O) groups excluding carboxylic acids is 1. The smallest absolute Gasteiger partial charge is 0.261 e. The van der Waals surface area contributed by atoms with Crippen LogP contribution in [0, 0.1) is 6.92 Å². The van der Waals surface area contributed by atoms with Crippen LogP contribution >= 0.6 is 0 Å². The van der Waals surface area contributed by atoms with Gasteiger partial charge in [0.1, 0.15) is 0 Å². The Bertz CT molecular complexity index is 547.